The molecule has 1 aliphatic carbocycles. The third kappa shape index (κ3) is 4.02. The molecule has 4 heteroatoms. The molecule has 2 rings (SSSR count). The summed E-state index contributed by atoms with van der Waals surface area (Å²) in [4.78, 5) is 12.0. The molecule has 0 radical (unpaired) electrons. The normalized spacial score (nSPS) is 18.1. The largest absolute Gasteiger partial charge is 0.494 e. The van der Waals surface area contributed by atoms with E-state index in [9.17, 15) is 4.79 Å². The Kier molecular flexibility index (Phi) is 5.04. The van der Waals surface area contributed by atoms with Gasteiger partial charge in [0.15, 0.2) is 0 Å². The van der Waals surface area contributed by atoms with E-state index in [-0.39, 0.29) is 5.91 Å². The second kappa shape index (κ2) is 6.98. The lowest BCUT2D eigenvalue weighted by Gasteiger charge is -2.19. The zero-order valence-corrected chi connectivity index (χ0v) is 12.1. The van der Waals surface area contributed by atoms with Gasteiger partial charge in [0.25, 0.3) is 5.91 Å². The zero-order chi connectivity index (χ0) is 14.4. The van der Waals surface area contributed by atoms with Gasteiger partial charge in [-0.25, -0.2) is 0 Å². The van der Waals surface area contributed by atoms with Gasteiger partial charge in [-0.1, -0.05) is 13.0 Å². The molecule has 1 unspecified atom stereocenters. The molecule has 0 fully saturated rings. The summed E-state index contributed by atoms with van der Waals surface area (Å²) in [6, 6.07) is 7.14. The molecule has 1 aliphatic rings. The number of carbonyl (C=O) groups is 1. The number of rotatable bonds is 5. The van der Waals surface area contributed by atoms with Crippen LogP contribution in [0.25, 0.3) is 0 Å². The molecule has 2 N–H and O–H groups in total. The molecule has 0 aromatic heterocycles. The third-order valence-corrected chi connectivity index (χ3v) is 3.36. The minimum Gasteiger partial charge on any atom is -0.494 e. The highest BCUT2D eigenvalue weighted by Crippen LogP contribution is 2.20. The van der Waals surface area contributed by atoms with Gasteiger partial charge < -0.3 is 10.2 Å². The second-order valence-corrected chi connectivity index (χ2v) is 5.10. The highest BCUT2D eigenvalue weighted by Gasteiger charge is 2.10. The molecule has 1 aromatic rings. The lowest BCUT2D eigenvalue weighted by Crippen LogP contribution is -2.37. The third-order valence-electron chi connectivity index (χ3n) is 3.36. The predicted molar refractivity (Wildman–Crippen MR) is 79.3 cm³/mol. The van der Waals surface area contributed by atoms with Crippen molar-refractivity contribution in [1.82, 2.24) is 10.9 Å². The van der Waals surface area contributed by atoms with Gasteiger partial charge in [0, 0.05) is 11.3 Å². The van der Waals surface area contributed by atoms with Crippen molar-refractivity contribution < 1.29 is 9.53 Å². The number of carbonyl (C=O) groups excluding carboxylic acids is 1. The molecular weight excluding hydrogens is 252 g/mol. The van der Waals surface area contributed by atoms with Crippen LogP contribution >= 0.6 is 0 Å². The van der Waals surface area contributed by atoms with Crippen LogP contribution in [0.2, 0.25) is 0 Å². The summed E-state index contributed by atoms with van der Waals surface area (Å²) in [6.07, 6.45) is 5.56. The molecule has 1 amide bonds. The minimum absolute atomic E-state index is 0.132. The molecule has 1 atom stereocenters. The molecule has 0 bridgehead atoms. The maximum atomic E-state index is 12.0. The van der Waals surface area contributed by atoms with E-state index in [1.165, 1.54) is 12.8 Å². The molecule has 20 heavy (non-hydrogen) atoms. The Morgan fingerprint density at radius 1 is 1.35 bits per heavy atom. The maximum absolute atomic E-state index is 12.0. The van der Waals surface area contributed by atoms with E-state index >= 15 is 0 Å². The van der Waals surface area contributed by atoms with Crippen LogP contribution in [-0.2, 0) is 0 Å². The molecular formula is C16H22N2O2. The molecule has 0 saturated carbocycles. The Bertz CT molecular complexity index is 480. The first kappa shape index (κ1) is 14.4. The number of allylic oxidation sites excluding steroid dienone is 2. The fourth-order valence-electron chi connectivity index (χ4n) is 2.31. The van der Waals surface area contributed by atoms with Crippen molar-refractivity contribution in [3.8, 4) is 5.75 Å². The highest BCUT2D eigenvalue weighted by atomic mass is 16.5. The van der Waals surface area contributed by atoms with Crippen LogP contribution in [0.1, 0.15) is 43.5 Å². The summed E-state index contributed by atoms with van der Waals surface area (Å²) in [5, 5.41) is 0. The van der Waals surface area contributed by atoms with E-state index in [0.29, 0.717) is 18.1 Å². The van der Waals surface area contributed by atoms with E-state index < -0.39 is 0 Å². The van der Waals surface area contributed by atoms with Crippen molar-refractivity contribution in [1.29, 1.82) is 0 Å². The standard InChI is InChI=1S/C16H22N2O2/c1-3-20-15-9-7-13(8-10-15)16(19)18-17-14-6-4-5-12(2)11-14/h7-12,17H,3-6H2,1-2H3,(H,18,19). The van der Waals surface area contributed by atoms with Crippen molar-refractivity contribution in [2.75, 3.05) is 6.61 Å². The van der Waals surface area contributed by atoms with E-state index in [2.05, 4.69) is 23.9 Å². The van der Waals surface area contributed by atoms with Crippen LogP contribution in [0.4, 0.5) is 0 Å². The first-order chi connectivity index (χ1) is 9.69. The quantitative estimate of drug-likeness (QED) is 0.811. The molecule has 1 aromatic carbocycles. The van der Waals surface area contributed by atoms with Crippen LogP contribution in [0.5, 0.6) is 5.75 Å². The van der Waals surface area contributed by atoms with Gasteiger partial charge in [-0.3, -0.25) is 10.2 Å². The van der Waals surface area contributed by atoms with Gasteiger partial charge in [0.1, 0.15) is 5.75 Å². The Hall–Kier alpha value is -1.97. The molecule has 0 saturated heterocycles. The fraction of sp³-hybridized carbons (Fsp3) is 0.438. The van der Waals surface area contributed by atoms with E-state index in [1.807, 2.05) is 6.92 Å². The average Bonchev–Trinajstić information content (AvgIpc) is 2.46. The molecule has 4 nitrogen and oxygen atoms in total. The number of hydrogen-bond donors (Lipinski definition) is 2. The van der Waals surface area contributed by atoms with Gasteiger partial charge in [0.2, 0.25) is 0 Å². The van der Waals surface area contributed by atoms with Crippen molar-refractivity contribution in [2.45, 2.75) is 33.1 Å². The van der Waals surface area contributed by atoms with Gasteiger partial charge in [0.05, 0.1) is 6.61 Å². The Morgan fingerprint density at radius 3 is 2.75 bits per heavy atom. The summed E-state index contributed by atoms with van der Waals surface area (Å²) < 4.78 is 5.35. The van der Waals surface area contributed by atoms with Crippen LogP contribution in [-0.4, -0.2) is 12.5 Å². The lowest BCUT2D eigenvalue weighted by molar-refractivity contribution is 0.0937. The summed E-state index contributed by atoms with van der Waals surface area (Å²) >= 11 is 0. The number of benzene rings is 1. The van der Waals surface area contributed by atoms with Gasteiger partial charge in [-0.2, -0.15) is 0 Å². The number of amides is 1. The summed E-state index contributed by atoms with van der Waals surface area (Å²) in [5.74, 6) is 1.22. The average molecular weight is 274 g/mol. The van der Waals surface area contributed by atoms with Crippen LogP contribution < -0.4 is 15.6 Å². The molecule has 0 spiro atoms. The highest BCUT2D eigenvalue weighted by molar-refractivity contribution is 5.94. The van der Waals surface area contributed by atoms with Crippen LogP contribution in [0.15, 0.2) is 36.0 Å². The predicted octanol–water partition coefficient (Wildman–Crippen LogP) is 3.02. The SMILES string of the molecule is CCOc1ccc(C(=O)NNC2=CC(C)CCC2)cc1. The monoisotopic (exact) mass is 274 g/mol. The lowest BCUT2D eigenvalue weighted by atomic mass is 9.96. The van der Waals surface area contributed by atoms with E-state index in [1.54, 1.807) is 24.3 Å². The Morgan fingerprint density at radius 2 is 2.10 bits per heavy atom. The van der Waals surface area contributed by atoms with Crippen molar-refractivity contribution in [2.24, 2.45) is 5.92 Å². The second-order valence-electron chi connectivity index (χ2n) is 5.10. The number of hydrogen-bond acceptors (Lipinski definition) is 3. The summed E-state index contributed by atoms with van der Waals surface area (Å²) in [6.45, 7) is 4.75. The van der Waals surface area contributed by atoms with Crippen molar-refractivity contribution in [3.05, 3.63) is 41.6 Å². The van der Waals surface area contributed by atoms with Crippen LogP contribution in [0, 0.1) is 5.92 Å². The zero-order valence-electron chi connectivity index (χ0n) is 12.1. The Labute approximate surface area is 120 Å². The van der Waals surface area contributed by atoms with Gasteiger partial charge in [-0.05, 0) is 56.4 Å². The van der Waals surface area contributed by atoms with Crippen molar-refractivity contribution >= 4 is 5.91 Å². The van der Waals surface area contributed by atoms with Gasteiger partial charge >= 0.3 is 0 Å². The minimum atomic E-state index is -0.132. The molecule has 0 heterocycles. The first-order valence-electron chi connectivity index (χ1n) is 7.19. The number of ether oxygens (including phenoxy) is 1. The smallest absolute Gasteiger partial charge is 0.269 e. The van der Waals surface area contributed by atoms with E-state index in [0.717, 1.165) is 17.9 Å². The Balaban J connectivity index is 1.88. The number of nitrogens with one attached hydrogen (secondary N) is 2. The van der Waals surface area contributed by atoms with E-state index in [4.69, 9.17) is 4.74 Å². The summed E-state index contributed by atoms with van der Waals surface area (Å²) in [7, 11) is 0. The van der Waals surface area contributed by atoms with Crippen molar-refractivity contribution in [3.63, 3.8) is 0 Å². The topological polar surface area (TPSA) is 50.4 Å². The van der Waals surface area contributed by atoms with Gasteiger partial charge in [-0.15, -0.1) is 0 Å². The molecule has 108 valence electrons. The maximum Gasteiger partial charge on any atom is 0.269 e. The molecule has 0 aliphatic heterocycles. The first-order valence-corrected chi connectivity index (χ1v) is 7.19. The fourth-order valence-corrected chi connectivity index (χ4v) is 2.31. The van der Waals surface area contributed by atoms with Crippen LogP contribution in [0.3, 0.4) is 0 Å². The summed E-state index contributed by atoms with van der Waals surface area (Å²) in [5.41, 5.74) is 7.48. The number of hydrazine groups is 1.